The van der Waals surface area contributed by atoms with Gasteiger partial charge in [0.2, 0.25) is 0 Å². The number of hydrogen-bond acceptors (Lipinski definition) is 4. The van der Waals surface area contributed by atoms with E-state index < -0.39 is 35.6 Å². The van der Waals surface area contributed by atoms with Gasteiger partial charge < -0.3 is 14.4 Å². The van der Waals surface area contributed by atoms with Crippen molar-refractivity contribution in [2.24, 2.45) is 5.11 Å². The van der Waals surface area contributed by atoms with Crippen molar-refractivity contribution in [3.63, 3.8) is 0 Å². The van der Waals surface area contributed by atoms with Gasteiger partial charge in [-0.05, 0) is 44.0 Å². The smallest absolute Gasteiger partial charge is 0.416 e. The van der Waals surface area contributed by atoms with E-state index in [0.717, 1.165) is 12.1 Å². The van der Waals surface area contributed by atoms with Crippen molar-refractivity contribution in [1.82, 2.24) is 4.90 Å². The van der Waals surface area contributed by atoms with Crippen molar-refractivity contribution in [3.05, 3.63) is 45.8 Å². The second-order valence-corrected chi connectivity index (χ2v) is 7.20. The van der Waals surface area contributed by atoms with Crippen LogP contribution in [0.4, 0.5) is 18.0 Å². The lowest BCUT2D eigenvalue weighted by molar-refractivity contribution is -0.137. The second-order valence-electron chi connectivity index (χ2n) is 7.20. The molecule has 10 heteroatoms. The summed E-state index contributed by atoms with van der Waals surface area (Å²) in [7, 11) is 0. The van der Waals surface area contributed by atoms with Gasteiger partial charge in [0.05, 0.1) is 30.9 Å². The van der Waals surface area contributed by atoms with E-state index in [1.165, 1.54) is 17.0 Å². The van der Waals surface area contributed by atoms with Crippen LogP contribution >= 0.6 is 0 Å². The SMILES string of the molecule is CC(C)(C)OC(=O)N1CC(N=[N+]=[N-])C(OCc2ccc(C(F)(F)F)cc2)C1. The van der Waals surface area contributed by atoms with Crippen molar-refractivity contribution in [2.75, 3.05) is 13.1 Å². The van der Waals surface area contributed by atoms with Gasteiger partial charge in [-0.15, -0.1) is 0 Å². The summed E-state index contributed by atoms with van der Waals surface area (Å²) in [6.45, 7) is 5.57. The largest absolute Gasteiger partial charge is 0.444 e. The number of rotatable bonds is 4. The van der Waals surface area contributed by atoms with Crippen LogP contribution in [0.1, 0.15) is 31.9 Å². The summed E-state index contributed by atoms with van der Waals surface area (Å²) in [6, 6.07) is 4.01. The van der Waals surface area contributed by atoms with Crippen molar-refractivity contribution in [1.29, 1.82) is 0 Å². The number of alkyl halides is 3. The number of halogens is 3. The molecule has 0 saturated carbocycles. The third-order valence-corrected chi connectivity index (χ3v) is 3.83. The molecular weight excluding hydrogens is 365 g/mol. The molecule has 1 fully saturated rings. The molecule has 1 amide bonds. The van der Waals surface area contributed by atoms with E-state index in [1.54, 1.807) is 20.8 Å². The highest BCUT2D eigenvalue weighted by Gasteiger charge is 2.37. The van der Waals surface area contributed by atoms with Crippen molar-refractivity contribution < 1.29 is 27.4 Å². The van der Waals surface area contributed by atoms with Crippen LogP contribution in [-0.2, 0) is 22.3 Å². The van der Waals surface area contributed by atoms with E-state index in [2.05, 4.69) is 10.0 Å². The molecule has 148 valence electrons. The van der Waals surface area contributed by atoms with Gasteiger partial charge in [0, 0.05) is 11.5 Å². The average molecular weight is 386 g/mol. The predicted octanol–water partition coefficient (Wildman–Crippen LogP) is 4.52. The van der Waals surface area contributed by atoms with E-state index in [0.29, 0.717) is 5.56 Å². The molecule has 0 bridgehead atoms. The minimum atomic E-state index is -4.40. The van der Waals surface area contributed by atoms with Gasteiger partial charge in [0.25, 0.3) is 0 Å². The van der Waals surface area contributed by atoms with Crippen LogP contribution in [0.25, 0.3) is 10.4 Å². The number of likely N-dealkylation sites (tertiary alicyclic amines) is 1. The number of carbonyl (C=O) groups excluding carboxylic acids is 1. The quantitative estimate of drug-likeness (QED) is 0.433. The maximum absolute atomic E-state index is 12.6. The molecule has 0 radical (unpaired) electrons. The fraction of sp³-hybridized carbons (Fsp3) is 0.588. The first kappa shape index (κ1) is 20.9. The zero-order valence-electron chi connectivity index (χ0n) is 15.2. The number of hydrogen-bond donors (Lipinski definition) is 0. The Morgan fingerprint density at radius 1 is 1.26 bits per heavy atom. The molecule has 0 aliphatic carbocycles. The molecule has 1 heterocycles. The Labute approximate surface area is 154 Å². The third-order valence-electron chi connectivity index (χ3n) is 3.83. The fourth-order valence-electron chi connectivity index (χ4n) is 2.57. The molecule has 1 aromatic rings. The Bertz CT molecular complexity index is 710. The van der Waals surface area contributed by atoms with Crippen molar-refractivity contribution >= 4 is 6.09 Å². The van der Waals surface area contributed by atoms with Crippen LogP contribution in [0.15, 0.2) is 29.4 Å². The molecule has 0 aromatic heterocycles. The Morgan fingerprint density at radius 3 is 2.41 bits per heavy atom. The van der Waals surface area contributed by atoms with E-state index in [1.807, 2.05) is 0 Å². The van der Waals surface area contributed by atoms with Gasteiger partial charge in [-0.3, -0.25) is 0 Å². The molecule has 27 heavy (non-hydrogen) atoms. The summed E-state index contributed by atoms with van der Waals surface area (Å²) in [5.41, 5.74) is 7.85. The summed E-state index contributed by atoms with van der Waals surface area (Å²) in [5.74, 6) is 0. The van der Waals surface area contributed by atoms with Gasteiger partial charge in [0.15, 0.2) is 0 Å². The summed E-state index contributed by atoms with van der Waals surface area (Å²) >= 11 is 0. The van der Waals surface area contributed by atoms with Crippen LogP contribution in [-0.4, -0.2) is 41.8 Å². The number of azide groups is 1. The van der Waals surface area contributed by atoms with Crippen LogP contribution in [0.3, 0.4) is 0 Å². The summed E-state index contributed by atoms with van der Waals surface area (Å²) in [4.78, 5) is 16.3. The van der Waals surface area contributed by atoms with Crippen LogP contribution in [0.2, 0.25) is 0 Å². The maximum Gasteiger partial charge on any atom is 0.416 e. The molecular formula is C17H21F3N4O3. The first-order valence-electron chi connectivity index (χ1n) is 8.29. The lowest BCUT2D eigenvalue weighted by Crippen LogP contribution is -2.36. The monoisotopic (exact) mass is 386 g/mol. The highest BCUT2D eigenvalue weighted by molar-refractivity contribution is 5.68. The minimum absolute atomic E-state index is 0.0302. The van der Waals surface area contributed by atoms with Crippen LogP contribution in [0, 0.1) is 0 Å². The Morgan fingerprint density at radius 2 is 1.89 bits per heavy atom. The number of carbonyl (C=O) groups is 1. The topological polar surface area (TPSA) is 87.5 Å². The minimum Gasteiger partial charge on any atom is -0.444 e. The predicted molar refractivity (Wildman–Crippen MR) is 90.8 cm³/mol. The number of amides is 1. The summed E-state index contributed by atoms with van der Waals surface area (Å²) in [6.07, 6.45) is -5.51. The Hall–Kier alpha value is -2.45. The van der Waals surface area contributed by atoms with E-state index in [9.17, 15) is 18.0 Å². The highest BCUT2D eigenvalue weighted by atomic mass is 19.4. The van der Waals surface area contributed by atoms with Gasteiger partial charge in [-0.25, -0.2) is 4.79 Å². The molecule has 1 aliphatic heterocycles. The van der Waals surface area contributed by atoms with Crippen LogP contribution in [0.5, 0.6) is 0 Å². The second kappa shape index (κ2) is 8.06. The third kappa shape index (κ3) is 6.04. The van der Waals surface area contributed by atoms with Crippen molar-refractivity contribution in [2.45, 2.75) is 51.3 Å². The van der Waals surface area contributed by atoms with E-state index in [4.69, 9.17) is 15.0 Å². The molecule has 2 atom stereocenters. The normalized spacial score (nSPS) is 20.3. The van der Waals surface area contributed by atoms with Gasteiger partial charge in [-0.1, -0.05) is 17.2 Å². The molecule has 1 saturated heterocycles. The van der Waals surface area contributed by atoms with E-state index >= 15 is 0 Å². The lowest BCUT2D eigenvalue weighted by Gasteiger charge is -2.24. The first-order chi connectivity index (χ1) is 12.5. The lowest BCUT2D eigenvalue weighted by atomic mass is 10.1. The summed E-state index contributed by atoms with van der Waals surface area (Å²) in [5, 5.41) is 3.65. The Balaban J connectivity index is 1.99. The molecule has 1 aromatic carbocycles. The molecule has 2 rings (SSSR count). The van der Waals surface area contributed by atoms with Gasteiger partial charge in [-0.2, -0.15) is 13.2 Å². The highest BCUT2D eigenvalue weighted by Crippen LogP contribution is 2.29. The van der Waals surface area contributed by atoms with Crippen molar-refractivity contribution in [3.8, 4) is 0 Å². The number of ether oxygens (including phenoxy) is 2. The molecule has 7 nitrogen and oxygen atoms in total. The van der Waals surface area contributed by atoms with Gasteiger partial charge >= 0.3 is 12.3 Å². The standard InChI is InChI=1S/C17H21F3N4O3/c1-16(2,3)27-15(25)24-8-13(22-23-21)14(9-24)26-10-11-4-6-12(7-5-11)17(18,19)20/h4-7,13-14H,8-10H2,1-3H3. The zero-order chi connectivity index (χ0) is 20.2. The Kier molecular flexibility index (Phi) is 6.22. The maximum atomic E-state index is 12.6. The fourth-order valence-corrected chi connectivity index (χ4v) is 2.57. The molecule has 1 aliphatic rings. The molecule has 0 spiro atoms. The molecule has 2 unspecified atom stereocenters. The summed E-state index contributed by atoms with van der Waals surface area (Å²) < 4.78 is 48.8. The average Bonchev–Trinajstić information content (AvgIpc) is 2.94. The first-order valence-corrected chi connectivity index (χ1v) is 8.29. The van der Waals surface area contributed by atoms with E-state index in [-0.39, 0.29) is 19.7 Å². The molecule has 0 N–H and O–H groups in total. The number of nitrogens with zero attached hydrogens (tertiary/aromatic N) is 4. The number of benzene rings is 1. The zero-order valence-corrected chi connectivity index (χ0v) is 15.2. The van der Waals surface area contributed by atoms with Crippen LogP contribution < -0.4 is 0 Å². The van der Waals surface area contributed by atoms with Gasteiger partial charge in [0.1, 0.15) is 5.60 Å².